The van der Waals surface area contributed by atoms with Gasteiger partial charge in [-0.25, -0.2) is 4.79 Å². The summed E-state index contributed by atoms with van der Waals surface area (Å²) in [6.45, 7) is 10.2. The van der Waals surface area contributed by atoms with Crippen molar-refractivity contribution in [3.8, 4) is 0 Å². The molecule has 0 fully saturated rings. The van der Waals surface area contributed by atoms with E-state index in [1.54, 1.807) is 6.92 Å². The summed E-state index contributed by atoms with van der Waals surface area (Å²) in [5.41, 5.74) is 1.76. The Labute approximate surface area is 86.6 Å². The zero-order valence-electron chi connectivity index (χ0n) is 9.76. The van der Waals surface area contributed by atoms with Gasteiger partial charge in [-0.3, -0.25) is 0 Å². The number of carbonyl (C=O) groups excluding carboxylic acids is 1. The van der Waals surface area contributed by atoms with Crippen LogP contribution in [0.4, 0.5) is 0 Å². The van der Waals surface area contributed by atoms with Crippen LogP contribution in [-0.2, 0) is 9.53 Å². The van der Waals surface area contributed by atoms with Crippen molar-refractivity contribution in [2.75, 3.05) is 6.61 Å². The van der Waals surface area contributed by atoms with E-state index in [0.717, 1.165) is 5.57 Å². The van der Waals surface area contributed by atoms with Gasteiger partial charge in [0.2, 0.25) is 0 Å². The Bertz CT molecular complexity index is 247. The first-order valence-electron chi connectivity index (χ1n) is 5.01. The lowest BCUT2D eigenvalue weighted by atomic mass is 10.1. The van der Waals surface area contributed by atoms with E-state index in [-0.39, 0.29) is 5.97 Å². The van der Waals surface area contributed by atoms with Crippen molar-refractivity contribution in [3.63, 3.8) is 0 Å². The number of carbonyl (C=O) groups is 1. The highest BCUT2D eigenvalue weighted by atomic mass is 16.5. The molecule has 0 amide bonds. The Morgan fingerprint density at radius 3 is 2.36 bits per heavy atom. The number of ether oxygens (including phenoxy) is 1. The predicted octanol–water partition coefficient (Wildman–Crippen LogP) is 3.10. The van der Waals surface area contributed by atoms with Crippen molar-refractivity contribution in [2.45, 2.75) is 34.6 Å². The van der Waals surface area contributed by atoms with E-state index in [2.05, 4.69) is 19.9 Å². The van der Waals surface area contributed by atoms with E-state index in [4.69, 9.17) is 4.74 Å². The molecule has 0 atom stereocenters. The number of hydrogen-bond donors (Lipinski definition) is 0. The normalized spacial score (nSPS) is 13.3. The second-order valence-corrected chi connectivity index (χ2v) is 3.70. The van der Waals surface area contributed by atoms with E-state index < -0.39 is 0 Å². The van der Waals surface area contributed by atoms with E-state index >= 15 is 0 Å². The van der Waals surface area contributed by atoms with Crippen molar-refractivity contribution in [1.29, 1.82) is 0 Å². The van der Waals surface area contributed by atoms with Gasteiger partial charge < -0.3 is 4.74 Å². The molecule has 14 heavy (non-hydrogen) atoms. The third kappa shape index (κ3) is 5.57. The summed E-state index contributed by atoms with van der Waals surface area (Å²) < 4.78 is 4.88. The average molecular weight is 196 g/mol. The first kappa shape index (κ1) is 12.9. The smallest absolute Gasteiger partial charge is 0.333 e. The highest BCUT2D eigenvalue weighted by molar-refractivity contribution is 5.88. The fourth-order valence-corrected chi connectivity index (χ4v) is 1.22. The van der Waals surface area contributed by atoms with Crippen molar-refractivity contribution in [2.24, 2.45) is 5.92 Å². The molecule has 2 heteroatoms. The van der Waals surface area contributed by atoms with Crippen LogP contribution in [0.25, 0.3) is 0 Å². The summed E-state index contributed by atoms with van der Waals surface area (Å²) >= 11 is 0. The molecule has 0 aromatic heterocycles. The second-order valence-electron chi connectivity index (χ2n) is 3.70. The minimum Gasteiger partial charge on any atom is -0.463 e. The molecular formula is C12H20O2. The summed E-state index contributed by atoms with van der Waals surface area (Å²) in [5, 5.41) is 0. The highest BCUT2D eigenvalue weighted by Gasteiger charge is 2.03. The fraction of sp³-hybridized carbons (Fsp3) is 0.583. The van der Waals surface area contributed by atoms with Gasteiger partial charge in [0.25, 0.3) is 0 Å². The molecule has 0 radical (unpaired) electrons. The predicted molar refractivity (Wildman–Crippen MR) is 59.0 cm³/mol. The fourth-order valence-electron chi connectivity index (χ4n) is 1.22. The van der Waals surface area contributed by atoms with Crippen molar-refractivity contribution < 1.29 is 9.53 Å². The highest BCUT2D eigenvalue weighted by Crippen LogP contribution is 2.07. The van der Waals surface area contributed by atoms with Crippen LogP contribution in [0.2, 0.25) is 0 Å². The summed E-state index contributed by atoms with van der Waals surface area (Å²) in [5.74, 6) is 0.269. The molecule has 80 valence electrons. The number of rotatable bonds is 4. The Morgan fingerprint density at radius 1 is 1.36 bits per heavy atom. The van der Waals surface area contributed by atoms with Gasteiger partial charge in [0, 0.05) is 5.57 Å². The Kier molecular flexibility index (Phi) is 5.93. The Morgan fingerprint density at radius 2 is 1.93 bits per heavy atom. The minimum absolute atomic E-state index is 0.232. The SMILES string of the molecule is CCOC(=O)/C(C)=C/C(C)=C/C(C)C. The first-order chi connectivity index (χ1) is 6.47. The van der Waals surface area contributed by atoms with E-state index in [1.807, 2.05) is 19.9 Å². The summed E-state index contributed by atoms with van der Waals surface area (Å²) in [6.07, 6.45) is 3.97. The molecule has 0 aromatic rings. The quantitative estimate of drug-likeness (QED) is 0.392. The molecule has 0 rings (SSSR count). The molecular weight excluding hydrogens is 176 g/mol. The maximum Gasteiger partial charge on any atom is 0.333 e. The number of esters is 1. The van der Waals surface area contributed by atoms with Crippen LogP contribution in [0.5, 0.6) is 0 Å². The van der Waals surface area contributed by atoms with E-state index in [9.17, 15) is 4.79 Å². The van der Waals surface area contributed by atoms with Gasteiger partial charge in [-0.1, -0.05) is 25.5 Å². The first-order valence-corrected chi connectivity index (χ1v) is 5.01. The monoisotopic (exact) mass is 196 g/mol. The largest absolute Gasteiger partial charge is 0.463 e. The summed E-state index contributed by atoms with van der Waals surface area (Å²) in [6, 6.07) is 0. The van der Waals surface area contributed by atoms with Gasteiger partial charge >= 0.3 is 5.97 Å². The van der Waals surface area contributed by atoms with Crippen molar-refractivity contribution in [3.05, 3.63) is 23.3 Å². The van der Waals surface area contributed by atoms with Gasteiger partial charge in [0.1, 0.15) is 0 Å². The number of allylic oxidation sites excluding steroid dienone is 3. The average Bonchev–Trinajstić information content (AvgIpc) is 2.02. The van der Waals surface area contributed by atoms with Crippen LogP contribution in [0.1, 0.15) is 34.6 Å². The summed E-state index contributed by atoms with van der Waals surface area (Å²) in [7, 11) is 0. The molecule has 0 saturated heterocycles. The molecule has 0 N–H and O–H groups in total. The van der Waals surface area contributed by atoms with Gasteiger partial charge in [-0.05, 0) is 32.8 Å². The molecule has 0 aliphatic carbocycles. The van der Waals surface area contributed by atoms with Crippen LogP contribution in [0.15, 0.2) is 23.3 Å². The standard InChI is InChI=1S/C12H20O2/c1-6-14-12(13)11(5)8-10(4)7-9(2)3/h7-9H,6H2,1-5H3/b10-7+,11-8+. The van der Waals surface area contributed by atoms with Gasteiger partial charge in [-0.2, -0.15) is 0 Å². The molecule has 0 spiro atoms. The van der Waals surface area contributed by atoms with Crippen LogP contribution in [0.3, 0.4) is 0 Å². The van der Waals surface area contributed by atoms with E-state index in [0.29, 0.717) is 18.1 Å². The lowest BCUT2D eigenvalue weighted by Gasteiger charge is -2.02. The van der Waals surface area contributed by atoms with Gasteiger partial charge in [-0.15, -0.1) is 0 Å². The van der Waals surface area contributed by atoms with Crippen LogP contribution >= 0.6 is 0 Å². The zero-order chi connectivity index (χ0) is 11.1. The Balaban J connectivity index is 4.43. The topological polar surface area (TPSA) is 26.3 Å². The summed E-state index contributed by atoms with van der Waals surface area (Å²) in [4.78, 5) is 11.2. The van der Waals surface area contributed by atoms with Crippen molar-refractivity contribution >= 4 is 5.97 Å². The number of hydrogen-bond acceptors (Lipinski definition) is 2. The minimum atomic E-state index is -0.232. The van der Waals surface area contributed by atoms with Crippen LogP contribution < -0.4 is 0 Å². The Hall–Kier alpha value is -1.05. The van der Waals surface area contributed by atoms with Crippen LogP contribution in [0, 0.1) is 5.92 Å². The molecule has 0 aromatic carbocycles. The van der Waals surface area contributed by atoms with Crippen LogP contribution in [-0.4, -0.2) is 12.6 Å². The molecule has 0 saturated carbocycles. The molecule has 0 unspecified atom stereocenters. The second kappa shape index (κ2) is 6.41. The maximum atomic E-state index is 11.2. The van der Waals surface area contributed by atoms with E-state index in [1.165, 1.54) is 0 Å². The zero-order valence-corrected chi connectivity index (χ0v) is 9.76. The molecule has 0 heterocycles. The lowest BCUT2D eigenvalue weighted by Crippen LogP contribution is -2.05. The third-order valence-electron chi connectivity index (χ3n) is 1.64. The maximum absolute atomic E-state index is 11.2. The molecule has 0 bridgehead atoms. The molecule has 2 nitrogen and oxygen atoms in total. The van der Waals surface area contributed by atoms with Crippen molar-refractivity contribution in [1.82, 2.24) is 0 Å². The van der Waals surface area contributed by atoms with Gasteiger partial charge in [0.15, 0.2) is 0 Å². The molecule has 0 aliphatic rings. The molecule has 0 aliphatic heterocycles. The third-order valence-corrected chi connectivity index (χ3v) is 1.64. The lowest BCUT2D eigenvalue weighted by molar-refractivity contribution is -0.138. The van der Waals surface area contributed by atoms with Gasteiger partial charge in [0.05, 0.1) is 6.61 Å².